The number of hydrogen-bond acceptors (Lipinski definition) is 9. The molecule has 4 atom stereocenters. The predicted molar refractivity (Wildman–Crippen MR) is 168 cm³/mol. The lowest BCUT2D eigenvalue weighted by Crippen LogP contribution is -2.65. The molecular weight excluding hydrogens is 576 g/mol. The number of aliphatic hydroxyl groups excluding tert-OH is 2. The first-order chi connectivity index (χ1) is 21.4. The van der Waals surface area contributed by atoms with E-state index >= 15 is 0 Å². The van der Waals surface area contributed by atoms with Crippen molar-refractivity contribution in [2.24, 2.45) is 11.8 Å². The van der Waals surface area contributed by atoms with Gasteiger partial charge in [-0.3, -0.25) is 24.1 Å². The minimum Gasteiger partial charge on any atom is -0.508 e. The molecule has 2 aromatic rings. The zero-order valence-corrected chi connectivity index (χ0v) is 26.0. The third-order valence-electron chi connectivity index (χ3n) is 9.37. The van der Waals surface area contributed by atoms with Crippen molar-refractivity contribution in [1.29, 1.82) is 0 Å². The fourth-order valence-electron chi connectivity index (χ4n) is 7.21. The van der Waals surface area contributed by atoms with Crippen molar-refractivity contribution in [1.82, 2.24) is 10.2 Å². The number of fused-ring (bicyclic) bond motifs is 3. The molecule has 2 aromatic carbocycles. The summed E-state index contributed by atoms with van der Waals surface area (Å²) in [6, 6.07) is 9.00. The predicted octanol–water partition coefficient (Wildman–Crippen LogP) is 4.04. The number of carbonyl (C=O) groups excluding carboxylic acids is 4. The number of aliphatic hydroxyl groups is 3. The van der Waals surface area contributed by atoms with E-state index in [2.05, 4.69) is 5.32 Å². The lowest BCUT2D eigenvalue weighted by atomic mass is 9.57. The summed E-state index contributed by atoms with van der Waals surface area (Å²) in [4.78, 5) is 55.2. The highest BCUT2D eigenvalue weighted by Crippen LogP contribution is 2.53. The van der Waals surface area contributed by atoms with Gasteiger partial charge >= 0.3 is 0 Å². The van der Waals surface area contributed by atoms with Crippen molar-refractivity contribution in [3.05, 3.63) is 70.0 Å². The van der Waals surface area contributed by atoms with Gasteiger partial charge < -0.3 is 25.7 Å². The number of rotatable bonds is 9. The van der Waals surface area contributed by atoms with Crippen LogP contribution < -0.4 is 5.32 Å². The minimum atomic E-state index is -2.62. The average molecular weight is 617 g/mol. The van der Waals surface area contributed by atoms with Crippen LogP contribution in [0.1, 0.15) is 67.4 Å². The molecule has 1 fully saturated rings. The summed E-state index contributed by atoms with van der Waals surface area (Å²) < 4.78 is 0. The maximum absolute atomic E-state index is 14.2. The van der Waals surface area contributed by atoms with E-state index in [0.29, 0.717) is 35.2 Å². The number of nitrogens with zero attached hydrogens (tertiary/aromatic N) is 1. The van der Waals surface area contributed by atoms with Gasteiger partial charge in [-0.1, -0.05) is 38.5 Å². The topological polar surface area (TPSA) is 164 Å². The van der Waals surface area contributed by atoms with Gasteiger partial charge in [0.15, 0.2) is 17.2 Å². The summed E-state index contributed by atoms with van der Waals surface area (Å²) in [5, 5.41) is 48.7. The van der Waals surface area contributed by atoms with E-state index in [1.807, 2.05) is 13.0 Å². The number of Topliss-reactive ketones (excluding diaryl/α,β-unsaturated/α-hetero) is 3. The molecule has 45 heavy (non-hydrogen) atoms. The van der Waals surface area contributed by atoms with Gasteiger partial charge in [0.25, 0.3) is 5.91 Å². The van der Waals surface area contributed by atoms with Crippen LogP contribution in [0.25, 0.3) is 16.9 Å². The van der Waals surface area contributed by atoms with Gasteiger partial charge in [-0.05, 0) is 80.6 Å². The maximum Gasteiger partial charge on any atom is 0.251 e. The molecular formula is C35H40N2O8. The second kappa shape index (κ2) is 12.3. The Morgan fingerprint density at radius 3 is 2.44 bits per heavy atom. The van der Waals surface area contributed by atoms with Crippen LogP contribution in [0.3, 0.4) is 0 Å². The molecule has 3 aliphatic rings. The number of unbranched alkanes of at least 4 members (excludes halogenated alkanes) is 1. The summed E-state index contributed by atoms with van der Waals surface area (Å²) in [6.07, 6.45) is 2.34. The summed E-state index contributed by atoms with van der Waals surface area (Å²) in [5.41, 5.74) is -1.04. The fraction of sp³-hybridized carbons (Fsp3) is 0.429. The Hall–Kier alpha value is -4.28. The van der Waals surface area contributed by atoms with E-state index in [1.165, 1.54) is 11.0 Å². The number of likely N-dealkylation sites (N-methyl/N-ethyl adjacent to an activating group) is 1. The van der Waals surface area contributed by atoms with E-state index in [-0.39, 0.29) is 42.1 Å². The van der Waals surface area contributed by atoms with Crippen LogP contribution in [0.2, 0.25) is 0 Å². The lowest BCUT2D eigenvalue weighted by Gasteiger charge is -2.50. The Kier molecular flexibility index (Phi) is 8.75. The van der Waals surface area contributed by atoms with Gasteiger partial charge in [-0.25, -0.2) is 0 Å². The molecule has 1 saturated carbocycles. The Labute approximate surface area is 262 Å². The molecule has 10 heteroatoms. The molecule has 0 spiro atoms. The quantitative estimate of drug-likeness (QED) is 0.207. The highest BCUT2D eigenvalue weighted by Gasteiger charge is 2.64. The molecule has 0 heterocycles. The lowest BCUT2D eigenvalue weighted by molar-refractivity contribution is -0.153. The number of amides is 1. The zero-order chi connectivity index (χ0) is 32.8. The van der Waals surface area contributed by atoms with E-state index in [1.54, 1.807) is 45.3 Å². The largest absolute Gasteiger partial charge is 0.508 e. The van der Waals surface area contributed by atoms with Crippen LogP contribution in [-0.4, -0.2) is 80.9 Å². The molecule has 5 rings (SSSR count). The van der Waals surface area contributed by atoms with Crippen LogP contribution >= 0.6 is 0 Å². The second-order valence-electron chi connectivity index (χ2n) is 12.4. The van der Waals surface area contributed by atoms with Crippen LogP contribution in [0.4, 0.5) is 0 Å². The monoisotopic (exact) mass is 616 g/mol. The van der Waals surface area contributed by atoms with E-state index in [4.69, 9.17) is 0 Å². The molecule has 1 amide bonds. The SMILES string of the molecule is CCCCNC(=O)c1cccc(-c2ccc(O)c3c2C[C@H]2C[C@H]4[C@H](N(C)C)C(=O)C(C(=O)CCC)=C(O)[C@@]4(O)C(=O)C2=C3O)c1. The molecule has 0 aromatic heterocycles. The second-order valence-corrected chi connectivity index (χ2v) is 12.4. The van der Waals surface area contributed by atoms with Crippen LogP contribution in [0, 0.1) is 11.8 Å². The molecule has 0 bridgehead atoms. The molecule has 0 radical (unpaired) electrons. The third kappa shape index (κ3) is 5.15. The van der Waals surface area contributed by atoms with Gasteiger partial charge in [0.2, 0.25) is 5.78 Å². The van der Waals surface area contributed by atoms with E-state index in [9.17, 15) is 39.6 Å². The molecule has 0 unspecified atom stereocenters. The number of nitrogens with one attached hydrogen (secondary N) is 1. The Balaban J connectivity index is 1.64. The number of phenols is 1. The Morgan fingerprint density at radius 2 is 1.78 bits per heavy atom. The summed E-state index contributed by atoms with van der Waals surface area (Å²) in [6.45, 7) is 4.32. The zero-order valence-electron chi connectivity index (χ0n) is 26.0. The van der Waals surface area contributed by atoms with Crippen molar-refractivity contribution in [2.75, 3.05) is 20.6 Å². The Bertz CT molecular complexity index is 1650. The first kappa shape index (κ1) is 32.1. The summed E-state index contributed by atoms with van der Waals surface area (Å²) in [7, 11) is 3.22. The molecule has 0 saturated heterocycles. The van der Waals surface area contributed by atoms with Crippen LogP contribution in [0.15, 0.2) is 53.3 Å². The Morgan fingerprint density at radius 1 is 1.04 bits per heavy atom. The van der Waals surface area contributed by atoms with Crippen LogP contribution in [0.5, 0.6) is 5.75 Å². The number of phenolic OH excluding ortho intramolecular Hbond substituents is 1. The highest BCUT2D eigenvalue weighted by atomic mass is 16.3. The van der Waals surface area contributed by atoms with E-state index < -0.39 is 57.9 Å². The van der Waals surface area contributed by atoms with Crippen LogP contribution in [-0.2, 0) is 20.8 Å². The normalized spacial score (nSPS) is 24.4. The van der Waals surface area contributed by atoms with Crippen molar-refractivity contribution < 1.29 is 39.6 Å². The minimum absolute atomic E-state index is 0.0220. The van der Waals surface area contributed by atoms with Crippen molar-refractivity contribution >= 4 is 29.0 Å². The summed E-state index contributed by atoms with van der Waals surface area (Å²) >= 11 is 0. The first-order valence-electron chi connectivity index (χ1n) is 15.5. The molecule has 10 nitrogen and oxygen atoms in total. The van der Waals surface area contributed by atoms with Gasteiger partial charge in [0.05, 0.1) is 11.6 Å². The number of benzene rings is 2. The van der Waals surface area contributed by atoms with Crippen molar-refractivity contribution in [3.8, 4) is 16.9 Å². The number of carbonyl (C=O) groups is 4. The number of ketones is 3. The van der Waals surface area contributed by atoms with Crippen molar-refractivity contribution in [3.63, 3.8) is 0 Å². The third-order valence-corrected chi connectivity index (χ3v) is 9.37. The molecule has 5 N–H and O–H groups in total. The van der Waals surface area contributed by atoms with Gasteiger partial charge in [0, 0.05) is 30.0 Å². The first-order valence-corrected chi connectivity index (χ1v) is 15.5. The number of aromatic hydroxyl groups is 1. The summed E-state index contributed by atoms with van der Waals surface area (Å²) in [5.74, 6) is -6.10. The highest BCUT2D eigenvalue weighted by molar-refractivity contribution is 6.25. The standard InChI is InChI=1S/C35H40N2O8/c1-5-7-14-36-34(44)19-11-8-10-18(15-19)21-12-13-25(39)27-22(21)16-20-17-23-29(37(3)4)31(41)28(24(38)9-6-2)33(43)35(23,45)32(42)26(20)30(27)40/h8,10-13,15,20,23,29,39-40,43,45H,5-7,9,14,16-17H2,1-4H3,(H,36,44)/t20-,23-,29-,35-/m0/s1. The molecule has 3 aliphatic carbocycles. The molecule has 0 aliphatic heterocycles. The van der Waals surface area contributed by atoms with Gasteiger partial charge in [0.1, 0.15) is 22.8 Å². The smallest absolute Gasteiger partial charge is 0.251 e. The number of hydrogen-bond donors (Lipinski definition) is 5. The fourth-order valence-corrected chi connectivity index (χ4v) is 7.21. The van der Waals surface area contributed by atoms with Gasteiger partial charge in [-0.2, -0.15) is 0 Å². The average Bonchev–Trinajstić information content (AvgIpc) is 2.99. The van der Waals surface area contributed by atoms with Gasteiger partial charge in [-0.15, -0.1) is 0 Å². The molecule has 238 valence electrons. The maximum atomic E-state index is 14.2. The van der Waals surface area contributed by atoms with Crippen molar-refractivity contribution in [2.45, 2.75) is 64.0 Å². The van der Waals surface area contributed by atoms with E-state index in [0.717, 1.165) is 12.8 Å².